The Balaban J connectivity index is 1.59. The van der Waals surface area contributed by atoms with E-state index >= 15 is 0 Å². The van der Waals surface area contributed by atoms with Gasteiger partial charge in [-0.1, -0.05) is 0 Å². The molecule has 0 radical (unpaired) electrons. The number of nitrogens with two attached hydrogens (primary N) is 1. The lowest BCUT2D eigenvalue weighted by molar-refractivity contribution is -0.157. The Morgan fingerprint density at radius 2 is 1.91 bits per heavy atom. The molecule has 9 nitrogen and oxygen atoms in total. The summed E-state index contributed by atoms with van der Waals surface area (Å²) in [6, 6.07) is 5.51. The smallest absolute Gasteiger partial charge is 0.340 e. The van der Waals surface area contributed by atoms with E-state index in [1.165, 1.54) is 0 Å². The summed E-state index contributed by atoms with van der Waals surface area (Å²) in [6.07, 6.45) is 1.10. The number of hydrogen-bond donors (Lipinski definition) is 2. The third-order valence-electron chi connectivity index (χ3n) is 6.45. The van der Waals surface area contributed by atoms with Gasteiger partial charge in [-0.15, -0.1) is 0 Å². The van der Waals surface area contributed by atoms with E-state index in [0.717, 1.165) is 41.3 Å². The molecule has 32 heavy (non-hydrogen) atoms. The second kappa shape index (κ2) is 7.04. The second-order valence-electron chi connectivity index (χ2n) is 8.25. The molecule has 0 bridgehead atoms. The van der Waals surface area contributed by atoms with E-state index in [4.69, 9.17) is 24.9 Å². The molecule has 1 aromatic carbocycles. The minimum Gasteiger partial charge on any atom is -0.458 e. The maximum atomic E-state index is 13.2. The summed E-state index contributed by atoms with van der Waals surface area (Å²) in [5.41, 5.74) is 10.1. The highest BCUT2D eigenvalue weighted by atomic mass is 16.7. The number of aliphatic hydroxyl groups is 1. The van der Waals surface area contributed by atoms with Gasteiger partial charge in [-0.3, -0.25) is 4.79 Å². The Hall–Kier alpha value is -3.43. The van der Waals surface area contributed by atoms with Crippen LogP contribution in [0.1, 0.15) is 41.2 Å². The summed E-state index contributed by atoms with van der Waals surface area (Å²) >= 11 is 0. The van der Waals surface area contributed by atoms with Crippen LogP contribution in [0.15, 0.2) is 23.0 Å². The molecule has 3 aromatic rings. The highest BCUT2D eigenvalue weighted by molar-refractivity contribution is 5.91. The summed E-state index contributed by atoms with van der Waals surface area (Å²) in [5.74, 6) is 0.569. The molecule has 1 atom stereocenters. The molecule has 3 N–H and O–H groups in total. The lowest BCUT2D eigenvalue weighted by atomic mass is 9.95. The van der Waals surface area contributed by atoms with Crippen molar-refractivity contribution >= 4 is 16.9 Å². The first-order valence-electron chi connectivity index (χ1n) is 10.6. The molecule has 0 unspecified atom stereocenters. The Morgan fingerprint density at radius 1 is 1.09 bits per heavy atom. The van der Waals surface area contributed by atoms with E-state index in [1.54, 1.807) is 10.6 Å². The lowest BCUT2D eigenvalue weighted by Crippen LogP contribution is -2.32. The van der Waals surface area contributed by atoms with Crippen LogP contribution in [0.25, 0.3) is 22.3 Å². The molecule has 3 aliphatic rings. The van der Waals surface area contributed by atoms with Gasteiger partial charge in [0.05, 0.1) is 29.0 Å². The van der Waals surface area contributed by atoms with Crippen molar-refractivity contribution in [1.82, 2.24) is 9.55 Å². The zero-order valence-corrected chi connectivity index (χ0v) is 17.2. The van der Waals surface area contributed by atoms with Crippen molar-refractivity contribution in [2.45, 2.75) is 38.5 Å². The summed E-state index contributed by atoms with van der Waals surface area (Å²) in [6.45, 7) is 1.01. The highest BCUT2D eigenvalue weighted by Gasteiger charge is 2.34. The number of fused-ring (bicyclic) bond motifs is 6. The number of aryl methyl sites for hydroxylation is 1. The number of rotatable bonds is 4. The minimum atomic E-state index is -1.47. The summed E-state index contributed by atoms with van der Waals surface area (Å²) in [5, 5.41) is 11.3. The molecule has 164 valence electrons. The van der Waals surface area contributed by atoms with Gasteiger partial charge < -0.3 is 29.6 Å². The molecular weight excluding hydrogens is 414 g/mol. The van der Waals surface area contributed by atoms with Crippen LogP contribution in [-0.2, 0) is 29.1 Å². The molecular formula is C23H21N3O6. The van der Waals surface area contributed by atoms with E-state index in [9.17, 15) is 14.7 Å². The van der Waals surface area contributed by atoms with Crippen LogP contribution in [0.4, 0.5) is 0 Å². The van der Waals surface area contributed by atoms with Gasteiger partial charge in [-0.05, 0) is 43.5 Å². The largest absolute Gasteiger partial charge is 0.458 e. The van der Waals surface area contributed by atoms with Crippen LogP contribution in [-0.4, -0.2) is 34.0 Å². The monoisotopic (exact) mass is 435 g/mol. The molecule has 0 saturated heterocycles. The quantitative estimate of drug-likeness (QED) is 0.365. The average Bonchev–Trinajstić information content (AvgIpc) is 3.39. The van der Waals surface area contributed by atoms with Gasteiger partial charge in [0.25, 0.3) is 5.56 Å². The third-order valence-corrected chi connectivity index (χ3v) is 6.45. The van der Waals surface area contributed by atoms with Gasteiger partial charge >= 0.3 is 5.97 Å². The van der Waals surface area contributed by atoms with Crippen LogP contribution in [0.2, 0.25) is 0 Å². The number of hydrogen-bond acceptors (Lipinski definition) is 8. The van der Waals surface area contributed by atoms with Crippen LogP contribution in [0, 0.1) is 0 Å². The number of aromatic nitrogens is 2. The number of carbonyl (C=O) groups is 1. The van der Waals surface area contributed by atoms with Crippen molar-refractivity contribution in [3.8, 4) is 22.9 Å². The molecule has 0 spiro atoms. The lowest BCUT2D eigenvalue weighted by Gasteiger charge is -2.21. The number of ether oxygens (including phenoxy) is 3. The minimum absolute atomic E-state index is 0.138. The Kier molecular flexibility index (Phi) is 4.24. The summed E-state index contributed by atoms with van der Waals surface area (Å²) in [7, 11) is 0. The van der Waals surface area contributed by atoms with Gasteiger partial charge in [-0.2, -0.15) is 0 Å². The summed E-state index contributed by atoms with van der Waals surface area (Å²) < 4.78 is 17.7. The van der Waals surface area contributed by atoms with Crippen molar-refractivity contribution < 1.29 is 24.1 Å². The standard InChI is InChI=1S/C23H21N3O6/c24-4-2-1-3-11-12-6-18-19(32-10-31-18)7-16(12)25-20-14(11)8-26-17(20)5-13-15(22(26)28)9-30-23(29)21(13)27/h5-7,21,27H,1-4,8-10,24H2/t21-/m0/s1. The zero-order valence-electron chi connectivity index (χ0n) is 17.2. The SMILES string of the molecule is NCCCCc1c2c(nc3cc4c(cc13)OCO4)-c1cc3c(c(=O)n1C2)COC(=O)[C@H]3O. The third kappa shape index (κ3) is 2.68. The van der Waals surface area contributed by atoms with Crippen LogP contribution < -0.4 is 20.8 Å². The molecule has 0 aliphatic carbocycles. The maximum absolute atomic E-state index is 13.2. The van der Waals surface area contributed by atoms with Gasteiger partial charge in [-0.25, -0.2) is 9.78 Å². The van der Waals surface area contributed by atoms with Gasteiger partial charge in [0.2, 0.25) is 6.79 Å². The fraction of sp³-hybridized carbons (Fsp3) is 0.348. The fourth-order valence-electron chi connectivity index (χ4n) is 4.83. The number of carbonyl (C=O) groups excluding carboxylic acids is 1. The predicted molar refractivity (Wildman–Crippen MR) is 113 cm³/mol. The predicted octanol–water partition coefficient (Wildman–Crippen LogP) is 1.53. The molecule has 5 heterocycles. The first-order chi connectivity index (χ1) is 15.6. The van der Waals surface area contributed by atoms with Gasteiger partial charge in [0.15, 0.2) is 17.6 Å². The van der Waals surface area contributed by atoms with Crippen molar-refractivity contribution in [3.05, 3.63) is 50.8 Å². The fourth-order valence-corrected chi connectivity index (χ4v) is 4.83. The molecule has 9 heteroatoms. The molecule has 3 aliphatic heterocycles. The molecule has 0 saturated carbocycles. The second-order valence-corrected chi connectivity index (χ2v) is 8.25. The van der Waals surface area contributed by atoms with Gasteiger partial charge in [0, 0.05) is 22.6 Å². The number of aliphatic hydroxyl groups excluding tert-OH is 1. The first kappa shape index (κ1) is 19.3. The van der Waals surface area contributed by atoms with Gasteiger partial charge in [0.1, 0.15) is 6.61 Å². The molecule has 0 fully saturated rings. The van der Waals surface area contributed by atoms with E-state index in [1.807, 2.05) is 12.1 Å². The number of unbranched alkanes of at least 4 members (excludes halogenated alkanes) is 1. The van der Waals surface area contributed by atoms with Crippen LogP contribution in [0.3, 0.4) is 0 Å². The van der Waals surface area contributed by atoms with Crippen molar-refractivity contribution in [2.24, 2.45) is 5.73 Å². The summed E-state index contributed by atoms with van der Waals surface area (Å²) in [4.78, 5) is 30.0. The number of esters is 1. The number of nitrogens with zero attached hydrogens (tertiary/aromatic N) is 2. The van der Waals surface area contributed by atoms with E-state index in [2.05, 4.69) is 0 Å². The Bertz CT molecular complexity index is 1360. The van der Waals surface area contributed by atoms with Crippen LogP contribution in [0.5, 0.6) is 11.5 Å². The number of benzene rings is 1. The van der Waals surface area contributed by atoms with Crippen LogP contribution >= 0.6 is 0 Å². The van der Waals surface area contributed by atoms with E-state index in [-0.39, 0.29) is 19.0 Å². The average molecular weight is 435 g/mol. The Morgan fingerprint density at radius 3 is 2.72 bits per heavy atom. The highest BCUT2D eigenvalue weighted by Crippen LogP contribution is 2.42. The molecule has 6 rings (SSSR count). The zero-order chi connectivity index (χ0) is 22.0. The molecule has 0 amide bonds. The van der Waals surface area contributed by atoms with Crippen molar-refractivity contribution in [2.75, 3.05) is 13.3 Å². The van der Waals surface area contributed by atoms with E-state index < -0.39 is 12.1 Å². The maximum Gasteiger partial charge on any atom is 0.340 e. The first-order valence-corrected chi connectivity index (χ1v) is 10.6. The Labute approximate surface area is 182 Å². The number of cyclic esters (lactones) is 1. The topological polar surface area (TPSA) is 126 Å². The normalized spacial score (nSPS) is 17.8. The molecule has 2 aromatic heterocycles. The number of pyridine rings is 2. The van der Waals surface area contributed by atoms with Crippen molar-refractivity contribution in [3.63, 3.8) is 0 Å². The van der Waals surface area contributed by atoms with Crippen molar-refractivity contribution in [1.29, 1.82) is 0 Å². The van der Waals surface area contributed by atoms with E-state index in [0.29, 0.717) is 47.1 Å².